The summed E-state index contributed by atoms with van der Waals surface area (Å²) in [5.74, 6) is 1.08. The topological polar surface area (TPSA) is 96.9 Å². The van der Waals surface area contributed by atoms with Gasteiger partial charge in [0.05, 0.1) is 31.1 Å². The Bertz CT molecular complexity index is 1050. The smallest absolute Gasteiger partial charge is 0.224 e. The highest BCUT2D eigenvalue weighted by Crippen LogP contribution is 2.34. The van der Waals surface area contributed by atoms with Crippen molar-refractivity contribution in [2.45, 2.75) is 24.3 Å². The molecule has 2 N–H and O–H groups in total. The monoisotopic (exact) mass is 445 g/mol. The van der Waals surface area contributed by atoms with Gasteiger partial charge >= 0.3 is 0 Å². The molecule has 30 heavy (non-hydrogen) atoms. The molecule has 0 radical (unpaired) electrons. The number of amidine groups is 1. The number of nitrogens with zero attached hydrogens (tertiary/aromatic N) is 1. The van der Waals surface area contributed by atoms with Crippen molar-refractivity contribution in [1.29, 1.82) is 0 Å². The van der Waals surface area contributed by atoms with Crippen LogP contribution in [0.5, 0.6) is 5.75 Å². The molecule has 0 spiro atoms. The number of rotatable bonds is 6. The first kappa shape index (κ1) is 20.7. The zero-order valence-electron chi connectivity index (χ0n) is 16.5. The summed E-state index contributed by atoms with van der Waals surface area (Å²) in [6.45, 7) is 0.470. The van der Waals surface area contributed by atoms with Crippen molar-refractivity contribution in [2.24, 2.45) is 4.99 Å². The van der Waals surface area contributed by atoms with E-state index in [4.69, 9.17) is 4.74 Å². The summed E-state index contributed by atoms with van der Waals surface area (Å²) in [7, 11) is -1.32. The lowest BCUT2D eigenvalue weighted by Crippen LogP contribution is -2.24. The van der Waals surface area contributed by atoms with Gasteiger partial charge < -0.3 is 15.4 Å². The first-order valence-electron chi connectivity index (χ1n) is 9.61. The van der Waals surface area contributed by atoms with Gasteiger partial charge in [-0.25, -0.2) is 8.42 Å². The maximum atomic E-state index is 12.2. The number of anilines is 1. The Kier molecular flexibility index (Phi) is 6.01. The van der Waals surface area contributed by atoms with Crippen LogP contribution >= 0.6 is 11.8 Å². The number of fused-ring (bicyclic) bond motifs is 1. The third kappa shape index (κ3) is 5.14. The molecule has 0 aliphatic carbocycles. The zero-order valence-corrected chi connectivity index (χ0v) is 18.1. The quantitative estimate of drug-likeness (QED) is 0.708. The van der Waals surface area contributed by atoms with Crippen LogP contribution in [0.2, 0.25) is 0 Å². The number of carbonyl (C=O) groups excluding carboxylic acids is 1. The maximum Gasteiger partial charge on any atom is 0.224 e. The maximum absolute atomic E-state index is 12.2. The lowest BCUT2D eigenvalue weighted by atomic mass is 10.1. The highest BCUT2D eigenvalue weighted by molar-refractivity contribution is 8.15. The Morgan fingerprint density at radius 3 is 2.47 bits per heavy atom. The molecule has 9 heteroatoms. The molecule has 7 nitrogen and oxygen atoms in total. The van der Waals surface area contributed by atoms with Crippen molar-refractivity contribution in [3.05, 3.63) is 59.7 Å². The van der Waals surface area contributed by atoms with E-state index in [1.54, 1.807) is 7.11 Å². The molecule has 158 valence electrons. The van der Waals surface area contributed by atoms with Crippen LogP contribution in [0, 0.1) is 0 Å². The minimum atomic E-state index is -2.94. The van der Waals surface area contributed by atoms with Gasteiger partial charge in [0.25, 0.3) is 0 Å². The molecule has 2 atom stereocenters. The Labute approximate surface area is 180 Å². The van der Waals surface area contributed by atoms with E-state index >= 15 is 0 Å². The van der Waals surface area contributed by atoms with Crippen molar-refractivity contribution in [3.63, 3.8) is 0 Å². The van der Waals surface area contributed by atoms with Crippen molar-refractivity contribution in [3.8, 4) is 5.75 Å². The predicted octanol–water partition coefficient (Wildman–Crippen LogP) is 2.23. The molecule has 2 heterocycles. The van der Waals surface area contributed by atoms with Crippen LogP contribution in [0.1, 0.15) is 11.1 Å². The highest BCUT2D eigenvalue weighted by atomic mass is 32.2. The van der Waals surface area contributed by atoms with E-state index in [1.807, 2.05) is 48.5 Å². The molecule has 2 aliphatic heterocycles. The molecule has 0 aromatic heterocycles. The Hall–Kier alpha value is -2.52. The molecule has 1 saturated heterocycles. The lowest BCUT2D eigenvalue weighted by molar-refractivity contribution is -0.120. The van der Waals surface area contributed by atoms with E-state index in [0.717, 1.165) is 27.7 Å². The van der Waals surface area contributed by atoms with E-state index in [9.17, 15) is 13.2 Å². The zero-order chi connectivity index (χ0) is 21.1. The molecular weight excluding hydrogens is 422 g/mol. The number of hydrogen-bond donors (Lipinski definition) is 2. The number of nitrogens with one attached hydrogen (secondary N) is 2. The third-order valence-corrected chi connectivity index (χ3v) is 8.18. The normalized spacial score (nSPS) is 21.6. The Balaban J connectivity index is 1.26. The number of carbonyl (C=O) groups is 1. The third-order valence-electron chi connectivity index (χ3n) is 5.04. The lowest BCUT2D eigenvalue weighted by Gasteiger charge is -2.09. The van der Waals surface area contributed by atoms with Crippen LogP contribution in [0.3, 0.4) is 0 Å². The number of hydrogen-bond acceptors (Lipinski definition) is 7. The van der Waals surface area contributed by atoms with E-state index in [-0.39, 0.29) is 28.7 Å². The molecular formula is C21H23N3O4S2. The molecule has 4 rings (SSSR count). The van der Waals surface area contributed by atoms with Crippen molar-refractivity contribution < 1.29 is 17.9 Å². The number of aliphatic imine (C=N–C) groups is 1. The Morgan fingerprint density at radius 1 is 1.10 bits per heavy atom. The second kappa shape index (κ2) is 8.69. The van der Waals surface area contributed by atoms with Crippen molar-refractivity contribution in [1.82, 2.24) is 5.32 Å². The molecule has 1 amide bonds. The van der Waals surface area contributed by atoms with Crippen LogP contribution in [-0.2, 0) is 27.6 Å². The number of ether oxygens (including phenoxy) is 1. The van der Waals surface area contributed by atoms with Gasteiger partial charge in [-0.15, -0.1) is 0 Å². The molecule has 1 fully saturated rings. The van der Waals surface area contributed by atoms with Gasteiger partial charge in [0.15, 0.2) is 15.0 Å². The van der Waals surface area contributed by atoms with Crippen LogP contribution in [0.25, 0.3) is 0 Å². The van der Waals surface area contributed by atoms with Crippen LogP contribution in [-0.4, -0.2) is 49.4 Å². The number of amides is 1. The molecule has 0 bridgehead atoms. The number of thioether (sulfide) groups is 1. The summed E-state index contributed by atoms with van der Waals surface area (Å²) >= 11 is 1.49. The highest BCUT2D eigenvalue weighted by Gasteiger charge is 2.42. The minimum absolute atomic E-state index is 0.0196. The average Bonchev–Trinajstić information content (AvgIpc) is 3.20. The van der Waals surface area contributed by atoms with Crippen LogP contribution < -0.4 is 15.4 Å². The van der Waals surface area contributed by atoms with E-state index in [0.29, 0.717) is 13.0 Å². The fraction of sp³-hybridized carbons (Fsp3) is 0.333. The van der Waals surface area contributed by atoms with Crippen molar-refractivity contribution >= 4 is 38.4 Å². The SMILES string of the molecule is COc1ccc(CNC(=O)Cc2ccc(NC3=N[C@@H]4CS(=O)(=O)C[C@H]4S3)cc2)cc1. The van der Waals surface area contributed by atoms with Crippen molar-refractivity contribution in [2.75, 3.05) is 23.9 Å². The largest absolute Gasteiger partial charge is 0.497 e. The fourth-order valence-electron chi connectivity index (χ4n) is 3.44. The second-order valence-electron chi connectivity index (χ2n) is 7.36. The van der Waals surface area contributed by atoms with Gasteiger partial charge in [0.2, 0.25) is 5.91 Å². The first-order chi connectivity index (χ1) is 14.4. The van der Waals surface area contributed by atoms with Crippen LogP contribution in [0.4, 0.5) is 5.69 Å². The van der Waals surface area contributed by atoms with E-state index < -0.39 is 9.84 Å². The summed E-state index contributed by atoms with van der Waals surface area (Å²) in [4.78, 5) is 16.7. The van der Waals surface area contributed by atoms with Gasteiger partial charge in [-0.05, 0) is 35.4 Å². The second-order valence-corrected chi connectivity index (χ2v) is 10.7. The molecule has 2 aliphatic rings. The minimum Gasteiger partial charge on any atom is -0.497 e. The summed E-state index contributed by atoms with van der Waals surface area (Å²) in [5.41, 5.74) is 2.79. The standard InChI is InChI=1S/C21H23N3O4S2/c1-28-17-8-4-15(5-9-17)11-22-20(25)10-14-2-6-16(7-3-14)23-21-24-18-12-30(26,27)13-19(18)29-21/h2-9,18-19H,10-13H2,1H3,(H,22,25)(H,23,24)/t18-,19-/m1/s1. The number of methoxy groups -OCH3 is 1. The van der Waals surface area contributed by atoms with Gasteiger partial charge in [-0.3, -0.25) is 9.79 Å². The molecule has 2 aromatic rings. The molecule has 0 saturated carbocycles. The Morgan fingerprint density at radius 2 is 1.80 bits per heavy atom. The number of benzene rings is 2. The van der Waals surface area contributed by atoms with E-state index in [2.05, 4.69) is 15.6 Å². The van der Waals surface area contributed by atoms with Gasteiger partial charge in [-0.1, -0.05) is 36.0 Å². The molecule has 2 aromatic carbocycles. The number of sulfone groups is 1. The average molecular weight is 446 g/mol. The summed E-state index contributed by atoms with van der Waals surface area (Å²) in [6.07, 6.45) is 0.300. The fourth-order valence-corrected chi connectivity index (χ4v) is 7.11. The van der Waals surface area contributed by atoms with Gasteiger partial charge in [0.1, 0.15) is 5.75 Å². The van der Waals surface area contributed by atoms with Crippen LogP contribution in [0.15, 0.2) is 53.5 Å². The summed E-state index contributed by atoms with van der Waals surface area (Å²) in [6, 6.07) is 15.1. The predicted molar refractivity (Wildman–Crippen MR) is 120 cm³/mol. The van der Waals surface area contributed by atoms with E-state index in [1.165, 1.54) is 11.8 Å². The summed E-state index contributed by atoms with van der Waals surface area (Å²) in [5, 5.41) is 6.94. The van der Waals surface area contributed by atoms with Gasteiger partial charge in [-0.2, -0.15) is 0 Å². The van der Waals surface area contributed by atoms with Gasteiger partial charge in [0, 0.05) is 17.5 Å². The molecule has 0 unspecified atom stereocenters. The summed E-state index contributed by atoms with van der Waals surface area (Å²) < 4.78 is 28.4. The first-order valence-corrected chi connectivity index (χ1v) is 12.3.